The Balaban J connectivity index is 4.29. The first-order valence-corrected chi connectivity index (χ1v) is 4.51. The first kappa shape index (κ1) is 12.0. The molecule has 0 aromatic rings. The van der Waals surface area contributed by atoms with Gasteiger partial charge in [-0.15, -0.1) is 0 Å². The van der Waals surface area contributed by atoms with Crippen LogP contribution >= 0.6 is 0 Å². The molecule has 0 radical (unpaired) electrons. The van der Waals surface area contributed by atoms with Crippen LogP contribution in [0.25, 0.3) is 0 Å². The van der Waals surface area contributed by atoms with Crippen molar-refractivity contribution in [3.8, 4) is 0 Å². The SMILES string of the molecule is CCOC(=O)OC(=C(C)C)C(C)C. The minimum absolute atomic E-state index is 0.203. The minimum Gasteiger partial charge on any atom is -0.434 e. The zero-order valence-electron chi connectivity index (χ0n) is 9.01. The molecule has 3 nitrogen and oxygen atoms in total. The van der Waals surface area contributed by atoms with Crippen molar-refractivity contribution in [3.63, 3.8) is 0 Å². The quantitative estimate of drug-likeness (QED) is 0.502. The highest BCUT2D eigenvalue weighted by atomic mass is 16.7. The van der Waals surface area contributed by atoms with E-state index in [1.54, 1.807) is 6.92 Å². The molecule has 0 rings (SSSR count). The van der Waals surface area contributed by atoms with E-state index in [-0.39, 0.29) is 5.92 Å². The number of carbonyl (C=O) groups is 1. The molecule has 0 aliphatic carbocycles. The molecule has 76 valence electrons. The second-order valence-electron chi connectivity index (χ2n) is 3.30. The number of carbonyl (C=O) groups excluding carboxylic acids is 1. The van der Waals surface area contributed by atoms with Crippen molar-refractivity contribution in [2.24, 2.45) is 5.92 Å². The molecule has 0 aromatic heterocycles. The lowest BCUT2D eigenvalue weighted by molar-refractivity contribution is 0.0748. The van der Waals surface area contributed by atoms with Crippen LogP contribution in [0.5, 0.6) is 0 Å². The summed E-state index contributed by atoms with van der Waals surface area (Å²) in [5.74, 6) is 0.896. The Morgan fingerprint density at radius 3 is 2.15 bits per heavy atom. The molecule has 0 fully saturated rings. The largest absolute Gasteiger partial charge is 0.513 e. The third-order valence-electron chi connectivity index (χ3n) is 1.47. The Morgan fingerprint density at radius 2 is 1.85 bits per heavy atom. The van der Waals surface area contributed by atoms with E-state index in [0.717, 1.165) is 5.57 Å². The van der Waals surface area contributed by atoms with Crippen molar-refractivity contribution in [3.05, 3.63) is 11.3 Å². The van der Waals surface area contributed by atoms with Gasteiger partial charge in [0.2, 0.25) is 0 Å². The van der Waals surface area contributed by atoms with Gasteiger partial charge in [-0.1, -0.05) is 13.8 Å². The van der Waals surface area contributed by atoms with Crippen LogP contribution in [-0.4, -0.2) is 12.8 Å². The van der Waals surface area contributed by atoms with Gasteiger partial charge >= 0.3 is 6.16 Å². The zero-order valence-corrected chi connectivity index (χ0v) is 9.01. The first-order valence-electron chi connectivity index (χ1n) is 4.51. The van der Waals surface area contributed by atoms with Crippen molar-refractivity contribution in [1.29, 1.82) is 0 Å². The van der Waals surface area contributed by atoms with E-state index in [1.165, 1.54) is 0 Å². The Labute approximate surface area is 79.7 Å². The molecule has 0 heterocycles. The van der Waals surface area contributed by atoms with E-state index >= 15 is 0 Å². The molecule has 3 heteroatoms. The van der Waals surface area contributed by atoms with Gasteiger partial charge in [0.15, 0.2) is 0 Å². The lowest BCUT2D eigenvalue weighted by atomic mass is 10.1. The third kappa shape index (κ3) is 4.55. The number of hydrogen-bond donors (Lipinski definition) is 0. The van der Waals surface area contributed by atoms with E-state index in [0.29, 0.717) is 12.4 Å². The van der Waals surface area contributed by atoms with Crippen LogP contribution in [0.3, 0.4) is 0 Å². The second-order valence-corrected chi connectivity index (χ2v) is 3.30. The van der Waals surface area contributed by atoms with Crippen LogP contribution < -0.4 is 0 Å². The lowest BCUT2D eigenvalue weighted by Gasteiger charge is -2.13. The second kappa shape index (κ2) is 5.62. The molecule has 0 unspecified atom stereocenters. The fraction of sp³-hybridized carbons (Fsp3) is 0.700. The summed E-state index contributed by atoms with van der Waals surface area (Å²) in [6.07, 6.45) is -0.618. The van der Waals surface area contributed by atoms with Gasteiger partial charge in [0.05, 0.1) is 6.61 Å². The van der Waals surface area contributed by atoms with E-state index in [1.807, 2.05) is 27.7 Å². The predicted molar refractivity (Wildman–Crippen MR) is 51.3 cm³/mol. The lowest BCUT2D eigenvalue weighted by Crippen LogP contribution is -2.11. The Kier molecular flexibility index (Phi) is 5.19. The highest BCUT2D eigenvalue weighted by molar-refractivity contribution is 5.61. The van der Waals surface area contributed by atoms with Crippen LogP contribution in [0.4, 0.5) is 4.79 Å². The fourth-order valence-electron chi connectivity index (χ4n) is 1.03. The van der Waals surface area contributed by atoms with Crippen LogP contribution in [0.2, 0.25) is 0 Å². The third-order valence-corrected chi connectivity index (χ3v) is 1.47. The van der Waals surface area contributed by atoms with Crippen LogP contribution in [0, 0.1) is 5.92 Å². The fourth-order valence-corrected chi connectivity index (χ4v) is 1.03. The minimum atomic E-state index is -0.618. The maximum atomic E-state index is 11.0. The normalized spacial score (nSPS) is 9.69. The smallest absolute Gasteiger partial charge is 0.434 e. The molecule has 0 spiro atoms. The van der Waals surface area contributed by atoms with Crippen molar-refractivity contribution < 1.29 is 14.3 Å². The van der Waals surface area contributed by atoms with Gasteiger partial charge < -0.3 is 9.47 Å². The average molecular weight is 186 g/mol. The monoisotopic (exact) mass is 186 g/mol. The molecule has 0 amide bonds. The van der Waals surface area contributed by atoms with E-state index in [4.69, 9.17) is 4.74 Å². The molecule has 0 saturated carbocycles. The van der Waals surface area contributed by atoms with E-state index in [2.05, 4.69) is 4.74 Å². The van der Waals surface area contributed by atoms with E-state index in [9.17, 15) is 4.79 Å². The van der Waals surface area contributed by atoms with Gasteiger partial charge in [0, 0.05) is 5.92 Å². The maximum Gasteiger partial charge on any atom is 0.513 e. The summed E-state index contributed by atoms with van der Waals surface area (Å²) in [6, 6.07) is 0. The maximum absolute atomic E-state index is 11.0. The molecular formula is C10H18O3. The molecule has 0 atom stereocenters. The summed E-state index contributed by atoms with van der Waals surface area (Å²) in [6.45, 7) is 9.86. The van der Waals surface area contributed by atoms with E-state index < -0.39 is 6.16 Å². The van der Waals surface area contributed by atoms with Crippen molar-refractivity contribution in [2.75, 3.05) is 6.61 Å². The van der Waals surface area contributed by atoms with Gasteiger partial charge in [0.25, 0.3) is 0 Å². The highest BCUT2D eigenvalue weighted by Gasteiger charge is 2.12. The van der Waals surface area contributed by atoms with Gasteiger partial charge in [-0.2, -0.15) is 0 Å². The van der Waals surface area contributed by atoms with Crippen LogP contribution in [-0.2, 0) is 9.47 Å². The van der Waals surface area contributed by atoms with Gasteiger partial charge in [0.1, 0.15) is 5.76 Å². The summed E-state index contributed by atoms with van der Waals surface area (Å²) in [5.41, 5.74) is 1.00. The predicted octanol–water partition coefficient (Wildman–Crippen LogP) is 3.11. The molecule has 0 aliphatic rings. The Morgan fingerprint density at radius 1 is 1.31 bits per heavy atom. The number of allylic oxidation sites excluding steroid dienone is 2. The van der Waals surface area contributed by atoms with Crippen molar-refractivity contribution in [2.45, 2.75) is 34.6 Å². The topological polar surface area (TPSA) is 35.5 Å². The average Bonchev–Trinajstić information content (AvgIpc) is 1.99. The molecule has 0 bridgehead atoms. The summed E-state index contributed by atoms with van der Waals surface area (Å²) in [4.78, 5) is 11.0. The summed E-state index contributed by atoms with van der Waals surface area (Å²) in [7, 11) is 0. The summed E-state index contributed by atoms with van der Waals surface area (Å²) < 4.78 is 9.71. The number of hydrogen-bond acceptors (Lipinski definition) is 3. The first-order chi connectivity index (χ1) is 5.99. The molecular weight excluding hydrogens is 168 g/mol. The Bertz CT molecular complexity index is 200. The van der Waals surface area contributed by atoms with Gasteiger partial charge in [-0.3, -0.25) is 0 Å². The van der Waals surface area contributed by atoms with Crippen LogP contribution in [0.1, 0.15) is 34.6 Å². The molecule has 0 N–H and O–H groups in total. The molecule has 13 heavy (non-hydrogen) atoms. The van der Waals surface area contributed by atoms with Crippen LogP contribution in [0.15, 0.2) is 11.3 Å². The van der Waals surface area contributed by atoms with Gasteiger partial charge in [-0.05, 0) is 26.3 Å². The van der Waals surface area contributed by atoms with Gasteiger partial charge in [-0.25, -0.2) is 4.79 Å². The standard InChI is InChI=1S/C10H18O3/c1-6-12-10(11)13-9(7(2)3)8(4)5/h7H,6H2,1-5H3. The Hall–Kier alpha value is -0.990. The van der Waals surface area contributed by atoms with Crippen molar-refractivity contribution in [1.82, 2.24) is 0 Å². The number of rotatable bonds is 3. The molecule has 0 aliphatic heterocycles. The molecule has 0 saturated heterocycles. The van der Waals surface area contributed by atoms with Crippen molar-refractivity contribution >= 4 is 6.16 Å². The summed E-state index contributed by atoms with van der Waals surface area (Å²) in [5, 5.41) is 0. The molecule has 0 aromatic carbocycles. The zero-order chi connectivity index (χ0) is 10.4. The summed E-state index contributed by atoms with van der Waals surface area (Å²) >= 11 is 0. The highest BCUT2D eigenvalue weighted by Crippen LogP contribution is 2.16. The number of ether oxygens (including phenoxy) is 2.